The molecule has 0 bridgehead atoms. The third-order valence-corrected chi connectivity index (χ3v) is 4.39. The van der Waals surface area contributed by atoms with E-state index in [1.165, 1.54) is 0 Å². The van der Waals surface area contributed by atoms with Crippen molar-refractivity contribution in [3.05, 3.63) is 47.9 Å². The van der Waals surface area contributed by atoms with Crippen LogP contribution in [0.5, 0.6) is 0 Å². The Morgan fingerprint density at radius 2 is 2.08 bits per heavy atom. The van der Waals surface area contributed by atoms with Crippen molar-refractivity contribution in [3.63, 3.8) is 0 Å². The molecule has 1 saturated heterocycles. The first kappa shape index (κ1) is 16.5. The van der Waals surface area contributed by atoms with Crippen LogP contribution in [0.1, 0.15) is 22.6 Å². The molecule has 6 nitrogen and oxygen atoms in total. The number of carbonyl (C=O) groups excluding carboxylic acids is 1. The van der Waals surface area contributed by atoms with Crippen LogP contribution >= 0.6 is 0 Å². The van der Waals surface area contributed by atoms with Crippen LogP contribution in [-0.2, 0) is 4.74 Å². The summed E-state index contributed by atoms with van der Waals surface area (Å²) in [5.41, 5.74) is 8.12. The van der Waals surface area contributed by atoms with Crippen molar-refractivity contribution in [3.8, 4) is 11.3 Å². The highest BCUT2D eigenvalue weighted by Crippen LogP contribution is 2.24. The summed E-state index contributed by atoms with van der Waals surface area (Å²) in [6.07, 6.45) is 2.19. The van der Waals surface area contributed by atoms with Gasteiger partial charge in [-0.15, -0.1) is 0 Å². The fourth-order valence-electron chi connectivity index (χ4n) is 2.98. The topological polar surface area (TPSA) is 81.3 Å². The molecule has 1 amide bonds. The Bertz CT molecular complexity index is 720. The lowest BCUT2D eigenvalue weighted by atomic mass is 10.0. The van der Waals surface area contributed by atoms with Crippen LogP contribution in [0.4, 0.5) is 0 Å². The van der Waals surface area contributed by atoms with Gasteiger partial charge in [0.05, 0.1) is 17.4 Å². The summed E-state index contributed by atoms with van der Waals surface area (Å²) in [6, 6.07) is 9.66. The van der Waals surface area contributed by atoms with Gasteiger partial charge in [-0.25, -0.2) is 9.97 Å². The molecule has 0 spiro atoms. The average molecular weight is 326 g/mol. The lowest BCUT2D eigenvalue weighted by Crippen LogP contribution is -2.53. The average Bonchev–Trinajstić information content (AvgIpc) is 2.62. The second kappa shape index (κ2) is 7.07. The summed E-state index contributed by atoms with van der Waals surface area (Å²) in [7, 11) is 1.63. The van der Waals surface area contributed by atoms with E-state index in [9.17, 15) is 4.79 Å². The molecule has 1 aromatic heterocycles. The zero-order valence-electron chi connectivity index (χ0n) is 14.0. The third kappa shape index (κ3) is 3.29. The Labute approximate surface area is 141 Å². The minimum atomic E-state index is -0.144. The van der Waals surface area contributed by atoms with E-state index in [0.717, 1.165) is 12.0 Å². The highest BCUT2D eigenvalue weighted by Gasteiger charge is 2.31. The Morgan fingerprint density at radius 1 is 1.33 bits per heavy atom. The Morgan fingerprint density at radius 3 is 2.79 bits per heavy atom. The number of hydrogen-bond donors (Lipinski definition) is 1. The van der Waals surface area contributed by atoms with E-state index in [1.807, 2.05) is 37.3 Å². The molecule has 1 fully saturated rings. The number of aryl methyl sites for hydroxylation is 1. The van der Waals surface area contributed by atoms with Gasteiger partial charge in [0.2, 0.25) is 0 Å². The predicted molar refractivity (Wildman–Crippen MR) is 91.5 cm³/mol. The van der Waals surface area contributed by atoms with E-state index < -0.39 is 0 Å². The normalized spacial score (nSPS) is 20.9. The van der Waals surface area contributed by atoms with Crippen LogP contribution in [0.25, 0.3) is 11.3 Å². The summed E-state index contributed by atoms with van der Waals surface area (Å²) in [5, 5.41) is 0. The molecule has 2 N–H and O–H groups in total. The van der Waals surface area contributed by atoms with Crippen molar-refractivity contribution in [1.82, 2.24) is 14.9 Å². The molecule has 24 heavy (non-hydrogen) atoms. The lowest BCUT2D eigenvalue weighted by Gasteiger charge is -2.36. The molecule has 1 aliphatic rings. The number of aromatic nitrogens is 2. The maximum absolute atomic E-state index is 13.0. The van der Waals surface area contributed by atoms with Crippen LogP contribution in [0, 0.1) is 6.92 Å². The number of likely N-dealkylation sites (tertiary alicyclic amines) is 1. The smallest absolute Gasteiger partial charge is 0.257 e. The van der Waals surface area contributed by atoms with E-state index in [-0.39, 0.29) is 18.1 Å². The van der Waals surface area contributed by atoms with Gasteiger partial charge in [0.15, 0.2) is 0 Å². The molecule has 3 rings (SSSR count). The maximum atomic E-state index is 13.0. The molecule has 2 heterocycles. The number of amides is 1. The number of nitrogens with zero attached hydrogens (tertiary/aromatic N) is 3. The number of piperidine rings is 1. The van der Waals surface area contributed by atoms with Crippen LogP contribution in [0.2, 0.25) is 0 Å². The molecule has 0 saturated carbocycles. The largest absolute Gasteiger partial charge is 0.378 e. The summed E-state index contributed by atoms with van der Waals surface area (Å²) >= 11 is 0. The first-order valence-corrected chi connectivity index (χ1v) is 8.07. The zero-order chi connectivity index (χ0) is 17.1. The highest BCUT2D eigenvalue weighted by atomic mass is 16.5. The van der Waals surface area contributed by atoms with Crippen LogP contribution < -0.4 is 5.73 Å². The van der Waals surface area contributed by atoms with Gasteiger partial charge in [0, 0.05) is 38.0 Å². The zero-order valence-corrected chi connectivity index (χ0v) is 14.0. The number of nitrogens with two attached hydrogens (primary N) is 1. The molecule has 2 atom stereocenters. The molecule has 126 valence electrons. The van der Waals surface area contributed by atoms with Crippen LogP contribution in [-0.4, -0.2) is 53.1 Å². The number of carbonyl (C=O) groups is 1. The minimum absolute atomic E-state index is 0.0399. The van der Waals surface area contributed by atoms with Crippen molar-refractivity contribution in [2.24, 2.45) is 5.73 Å². The van der Waals surface area contributed by atoms with Gasteiger partial charge in [-0.05, 0) is 13.3 Å². The second-order valence-corrected chi connectivity index (χ2v) is 6.02. The van der Waals surface area contributed by atoms with Gasteiger partial charge < -0.3 is 15.4 Å². The SMILES string of the molecule is CO[C@H]1CN(C(=O)c2cnc(C)nc2-c2ccccc2)CC[C@H]1N. The Hall–Kier alpha value is -2.31. The molecule has 0 unspecified atom stereocenters. The summed E-state index contributed by atoms with van der Waals surface area (Å²) in [6.45, 7) is 2.92. The fraction of sp³-hybridized carbons (Fsp3) is 0.389. The maximum Gasteiger partial charge on any atom is 0.257 e. The number of rotatable bonds is 3. The summed E-state index contributed by atoms with van der Waals surface area (Å²) in [4.78, 5) is 23.5. The number of methoxy groups -OCH3 is 1. The van der Waals surface area contributed by atoms with Crippen molar-refractivity contribution < 1.29 is 9.53 Å². The molecule has 1 aromatic carbocycles. The van der Waals surface area contributed by atoms with Gasteiger partial charge in [-0.3, -0.25) is 4.79 Å². The molecular formula is C18H22N4O2. The van der Waals surface area contributed by atoms with E-state index in [4.69, 9.17) is 10.5 Å². The van der Waals surface area contributed by atoms with Crippen molar-refractivity contribution in [1.29, 1.82) is 0 Å². The molecule has 0 aliphatic carbocycles. The number of ether oxygens (including phenoxy) is 1. The monoisotopic (exact) mass is 326 g/mol. The second-order valence-electron chi connectivity index (χ2n) is 6.02. The van der Waals surface area contributed by atoms with Gasteiger partial charge in [0.25, 0.3) is 5.91 Å². The predicted octanol–water partition coefficient (Wildman–Crippen LogP) is 1.64. The Balaban J connectivity index is 1.93. The van der Waals surface area contributed by atoms with Gasteiger partial charge in [-0.1, -0.05) is 30.3 Å². The number of benzene rings is 1. The Kier molecular flexibility index (Phi) is 4.87. The first-order chi connectivity index (χ1) is 11.6. The number of hydrogen-bond acceptors (Lipinski definition) is 5. The van der Waals surface area contributed by atoms with Crippen molar-refractivity contribution in [2.75, 3.05) is 20.2 Å². The van der Waals surface area contributed by atoms with Gasteiger partial charge in [-0.2, -0.15) is 0 Å². The highest BCUT2D eigenvalue weighted by molar-refractivity contribution is 5.99. The van der Waals surface area contributed by atoms with Gasteiger partial charge >= 0.3 is 0 Å². The van der Waals surface area contributed by atoms with E-state index in [0.29, 0.717) is 30.2 Å². The van der Waals surface area contributed by atoms with Crippen molar-refractivity contribution in [2.45, 2.75) is 25.5 Å². The fourth-order valence-corrected chi connectivity index (χ4v) is 2.98. The summed E-state index contributed by atoms with van der Waals surface area (Å²) in [5.74, 6) is 0.559. The molecular weight excluding hydrogens is 304 g/mol. The van der Waals surface area contributed by atoms with Crippen LogP contribution in [0.15, 0.2) is 36.5 Å². The van der Waals surface area contributed by atoms with E-state index in [2.05, 4.69) is 9.97 Å². The van der Waals surface area contributed by atoms with Gasteiger partial charge in [0.1, 0.15) is 5.82 Å². The van der Waals surface area contributed by atoms with Crippen molar-refractivity contribution >= 4 is 5.91 Å². The quantitative estimate of drug-likeness (QED) is 0.927. The first-order valence-electron chi connectivity index (χ1n) is 8.07. The van der Waals surface area contributed by atoms with Crippen LogP contribution in [0.3, 0.4) is 0 Å². The standard InChI is InChI=1S/C18H22N4O2/c1-12-20-10-14(17(21-12)13-6-4-3-5-7-13)18(23)22-9-8-15(19)16(11-22)24-2/h3-7,10,15-16H,8-9,11,19H2,1-2H3/t15-,16+/m1/s1. The minimum Gasteiger partial charge on any atom is -0.378 e. The summed E-state index contributed by atoms with van der Waals surface area (Å²) < 4.78 is 5.40. The molecule has 2 aromatic rings. The molecule has 6 heteroatoms. The molecule has 0 radical (unpaired) electrons. The molecule has 1 aliphatic heterocycles. The third-order valence-electron chi connectivity index (χ3n) is 4.39. The van der Waals surface area contributed by atoms with E-state index in [1.54, 1.807) is 18.2 Å². The lowest BCUT2D eigenvalue weighted by molar-refractivity contribution is 0.0162. The van der Waals surface area contributed by atoms with E-state index >= 15 is 0 Å².